The summed E-state index contributed by atoms with van der Waals surface area (Å²) in [6.07, 6.45) is 0. The van der Waals surface area contributed by atoms with Crippen molar-refractivity contribution in [2.24, 2.45) is 0 Å². The SMILES string of the molecule is Bc1c(B)c(B)c(-c2c(B)c(B)c(B)c(-n3c4ccc(-c5cc(B)c6c(c5)c5cccc(B)c5n6-c5c(B)c(B)c(B)c(-c6c(B)c(B)c(B)c(B)c6B)c5B)cc4c4c(B)c(B)c(B)c(B)c43)c2B)c(B)c1B. The number of benzene rings is 8. The third-order valence-electron chi connectivity index (χ3n) is 20.1. The first-order valence-corrected chi connectivity index (χ1v) is 27.2. The van der Waals surface area contributed by atoms with Crippen LogP contribution in [0.1, 0.15) is 0 Å². The lowest BCUT2D eigenvalue weighted by Crippen LogP contribution is -2.57. The normalized spacial score (nSPS) is 11.7. The standard InChI is InChI=1S/C48H56B24N2/c49-14-3-1-2-11-12-7-10(8-15(50)45(12)74(44(11)14)48-30(59)21(28(57)37(66)43(48)72)19-25(54)34(63)39(68)35(64)26(19)55)9-4-5-16-13(6-9)17-22(51)31(60)40(69)41(70)46(17)73(16)47-29(58)20(27(56)36(65)42(47)71)18-23(52)32(61)38(67)33(62)24(18)53/h1-8H,49-72H2. The molecular formula is C48H56B24N2. The highest BCUT2D eigenvalue weighted by Gasteiger charge is 2.28. The largest absolute Gasteiger partial charge is 0.312 e. The fraction of sp³-hybridized carbons (Fsp3) is 0. The first-order valence-electron chi connectivity index (χ1n) is 27.2. The molecule has 0 N–H and O–H groups in total. The van der Waals surface area contributed by atoms with E-state index in [0.717, 1.165) is 0 Å². The Balaban J connectivity index is 1.27. The fourth-order valence-electron chi connectivity index (χ4n) is 14.1. The van der Waals surface area contributed by atoms with Gasteiger partial charge < -0.3 is 9.13 Å². The molecule has 0 radical (unpaired) electrons. The van der Waals surface area contributed by atoms with Gasteiger partial charge in [-0.2, -0.15) is 0 Å². The Kier molecular flexibility index (Phi) is 12.9. The highest BCUT2D eigenvalue weighted by Crippen LogP contribution is 2.36. The summed E-state index contributed by atoms with van der Waals surface area (Å²) in [6, 6.07) is 19.2. The van der Waals surface area contributed by atoms with Crippen molar-refractivity contribution in [3.63, 3.8) is 0 Å². The molecule has 0 bridgehead atoms. The molecule has 0 fully saturated rings. The predicted molar refractivity (Wildman–Crippen MR) is 408 cm³/mol. The second kappa shape index (κ2) is 18.3. The molecule has 26 heteroatoms. The van der Waals surface area contributed by atoms with Gasteiger partial charge in [-0.1, -0.05) is 123 Å². The molecule has 0 aliphatic carbocycles. The van der Waals surface area contributed by atoms with Crippen molar-refractivity contribution in [2.75, 3.05) is 0 Å². The molecule has 0 aliphatic rings. The zero-order valence-electron chi connectivity index (χ0n) is 49.5. The van der Waals surface area contributed by atoms with Crippen molar-refractivity contribution in [1.29, 1.82) is 0 Å². The van der Waals surface area contributed by atoms with Gasteiger partial charge in [0, 0.05) is 49.5 Å². The van der Waals surface area contributed by atoms with Gasteiger partial charge in [0.2, 0.25) is 0 Å². The molecule has 0 saturated carbocycles. The Morgan fingerprint density at radius 1 is 0.243 bits per heavy atom. The monoisotopic (exact) mass is 925 g/mol. The molecule has 0 amide bonds. The molecule has 0 atom stereocenters. The van der Waals surface area contributed by atoms with E-state index in [1.54, 1.807) is 0 Å². The summed E-state index contributed by atoms with van der Waals surface area (Å²) < 4.78 is 5.31. The van der Waals surface area contributed by atoms with E-state index in [0.29, 0.717) is 0 Å². The van der Waals surface area contributed by atoms with E-state index >= 15 is 0 Å². The fourth-order valence-corrected chi connectivity index (χ4v) is 14.1. The van der Waals surface area contributed by atoms with Gasteiger partial charge in [0.1, 0.15) is 188 Å². The van der Waals surface area contributed by atoms with E-state index in [2.05, 4.69) is 246 Å². The van der Waals surface area contributed by atoms with Gasteiger partial charge >= 0.3 is 0 Å². The number of fused-ring (bicyclic) bond motifs is 6. The van der Waals surface area contributed by atoms with Gasteiger partial charge in [0.05, 0.1) is 5.52 Å². The number of nitrogens with zero attached hydrogens (tertiary/aromatic N) is 2. The molecule has 2 aromatic heterocycles. The van der Waals surface area contributed by atoms with Crippen molar-refractivity contribution in [3.8, 4) is 44.8 Å². The van der Waals surface area contributed by atoms with Crippen LogP contribution in [0.2, 0.25) is 0 Å². The van der Waals surface area contributed by atoms with E-state index in [1.807, 2.05) is 0 Å². The molecule has 0 unspecified atom stereocenters. The lowest BCUT2D eigenvalue weighted by Gasteiger charge is -2.28. The third kappa shape index (κ3) is 7.13. The first-order chi connectivity index (χ1) is 34.8. The summed E-state index contributed by atoms with van der Waals surface area (Å²) in [7, 11) is 56.1. The highest BCUT2D eigenvalue weighted by molar-refractivity contribution is 6.73. The van der Waals surface area contributed by atoms with Gasteiger partial charge in [-0.3, -0.25) is 0 Å². The summed E-state index contributed by atoms with van der Waals surface area (Å²) in [5.41, 5.74) is 48.8. The summed E-state index contributed by atoms with van der Waals surface area (Å²) in [6.45, 7) is 0. The van der Waals surface area contributed by atoms with Crippen LogP contribution in [-0.4, -0.2) is 197 Å². The van der Waals surface area contributed by atoms with E-state index in [1.165, 1.54) is 219 Å². The maximum absolute atomic E-state index is 2.66. The van der Waals surface area contributed by atoms with Crippen LogP contribution in [-0.2, 0) is 0 Å². The van der Waals surface area contributed by atoms with Crippen molar-refractivity contribution < 1.29 is 0 Å². The Labute approximate surface area is 462 Å². The Morgan fingerprint density at radius 3 is 1.11 bits per heavy atom. The van der Waals surface area contributed by atoms with E-state index in [9.17, 15) is 0 Å². The summed E-state index contributed by atoms with van der Waals surface area (Å²) >= 11 is 0. The molecule has 330 valence electrons. The minimum Gasteiger partial charge on any atom is -0.312 e. The van der Waals surface area contributed by atoms with Gasteiger partial charge in [-0.15, -0.1) is 38.2 Å². The molecule has 0 spiro atoms. The van der Waals surface area contributed by atoms with E-state index < -0.39 is 0 Å². The van der Waals surface area contributed by atoms with Crippen LogP contribution in [0.5, 0.6) is 0 Å². The molecule has 10 aromatic rings. The number of hydrogen-bond donors (Lipinski definition) is 0. The predicted octanol–water partition coefficient (Wildman–Crippen LogP) is -28.9. The van der Waals surface area contributed by atoms with Gasteiger partial charge in [-0.25, -0.2) is 0 Å². The quantitative estimate of drug-likeness (QED) is 0.152. The topological polar surface area (TPSA) is 9.86 Å². The van der Waals surface area contributed by atoms with Gasteiger partial charge in [0.25, 0.3) is 0 Å². The van der Waals surface area contributed by atoms with Crippen LogP contribution < -0.4 is 131 Å². The van der Waals surface area contributed by atoms with Gasteiger partial charge in [0.15, 0.2) is 0 Å². The first kappa shape index (κ1) is 52.4. The van der Waals surface area contributed by atoms with Crippen LogP contribution in [0, 0.1) is 0 Å². The van der Waals surface area contributed by atoms with Crippen molar-refractivity contribution in [1.82, 2.24) is 9.13 Å². The van der Waals surface area contributed by atoms with Gasteiger partial charge in [-0.05, 0) is 51.6 Å². The number of hydrogen-bond acceptors (Lipinski definition) is 0. The highest BCUT2D eigenvalue weighted by atomic mass is 15.0. The molecular weight excluding hydrogens is 864 g/mol. The second-order valence-electron chi connectivity index (χ2n) is 23.2. The van der Waals surface area contributed by atoms with E-state index in [-0.39, 0.29) is 0 Å². The lowest BCUT2D eigenvalue weighted by atomic mass is 9.56. The summed E-state index contributed by atoms with van der Waals surface area (Å²) in [5.74, 6) is 0. The minimum absolute atomic E-state index is 1.24. The molecule has 74 heavy (non-hydrogen) atoms. The zero-order valence-corrected chi connectivity index (χ0v) is 49.5. The Morgan fingerprint density at radius 2 is 0.622 bits per heavy atom. The van der Waals surface area contributed by atoms with Crippen LogP contribution >= 0.6 is 0 Å². The van der Waals surface area contributed by atoms with Crippen LogP contribution in [0.3, 0.4) is 0 Å². The zero-order chi connectivity index (χ0) is 53.9. The minimum atomic E-state index is 1.24. The molecule has 0 aliphatic heterocycles. The average molecular weight is 920 g/mol. The number of rotatable bonds is 5. The van der Waals surface area contributed by atoms with Crippen molar-refractivity contribution in [3.05, 3.63) is 48.5 Å². The molecule has 2 nitrogen and oxygen atoms in total. The molecule has 0 saturated heterocycles. The Hall–Kier alpha value is -5.08. The summed E-state index contributed by atoms with van der Waals surface area (Å²) in [5, 5.41) is 5.27. The van der Waals surface area contributed by atoms with Crippen LogP contribution in [0.4, 0.5) is 0 Å². The number of aromatic nitrogens is 2. The smallest absolute Gasteiger partial charge is 0.142 e. The van der Waals surface area contributed by atoms with Crippen molar-refractivity contribution >= 4 is 363 Å². The third-order valence-corrected chi connectivity index (χ3v) is 20.1. The second-order valence-corrected chi connectivity index (χ2v) is 23.2. The van der Waals surface area contributed by atoms with E-state index in [4.69, 9.17) is 0 Å². The average Bonchev–Trinajstić information content (AvgIpc) is 3.90. The maximum Gasteiger partial charge on any atom is 0.142 e. The lowest BCUT2D eigenvalue weighted by molar-refractivity contribution is 1.21. The van der Waals surface area contributed by atoms with Crippen molar-refractivity contribution in [2.45, 2.75) is 0 Å². The summed E-state index contributed by atoms with van der Waals surface area (Å²) in [4.78, 5) is 0. The maximum atomic E-state index is 2.66. The number of para-hydroxylation sites is 1. The molecule has 8 aromatic carbocycles. The van der Waals surface area contributed by atoms with Crippen LogP contribution in [0.25, 0.3) is 88.4 Å². The molecule has 2 heterocycles. The molecule has 10 rings (SSSR count). The Bertz CT molecular complexity index is 4190. The van der Waals surface area contributed by atoms with Crippen LogP contribution in [0.15, 0.2) is 48.5 Å².